The molecule has 0 aliphatic rings. The van der Waals surface area contributed by atoms with E-state index in [4.69, 9.17) is 0 Å². The molecule has 1 aromatic carbocycles. The Hall–Kier alpha value is -2.12. The van der Waals surface area contributed by atoms with Crippen molar-refractivity contribution in [1.82, 2.24) is 9.88 Å². The van der Waals surface area contributed by atoms with E-state index in [1.807, 2.05) is 26.2 Å². The van der Waals surface area contributed by atoms with Gasteiger partial charge >= 0.3 is 0 Å². The van der Waals surface area contributed by atoms with Gasteiger partial charge in [-0.15, -0.1) is 0 Å². The molecular formula is C19H28N4O2S. The molecule has 1 aromatic heterocycles. The highest BCUT2D eigenvalue weighted by molar-refractivity contribution is 7.92. The highest BCUT2D eigenvalue weighted by Gasteiger charge is 2.14. The fourth-order valence-electron chi connectivity index (χ4n) is 2.42. The fraction of sp³-hybridized carbons (Fsp3) is 0.421. The summed E-state index contributed by atoms with van der Waals surface area (Å²) in [6.45, 7) is 5.96. The van der Waals surface area contributed by atoms with Gasteiger partial charge in [-0.25, -0.2) is 13.4 Å². The van der Waals surface area contributed by atoms with Crippen molar-refractivity contribution >= 4 is 21.5 Å². The third-order valence-corrected chi connectivity index (χ3v) is 5.36. The first-order chi connectivity index (χ1) is 12.3. The maximum atomic E-state index is 12.5. The number of sulfonamides is 1. The third kappa shape index (κ3) is 6.00. The Labute approximate surface area is 156 Å². The van der Waals surface area contributed by atoms with E-state index in [0.29, 0.717) is 11.6 Å². The SMILES string of the molecule is CC(C)c1ccc(S(=O)(=O)Nc2ccc(NCCCN(C)C)nc2)cc1. The summed E-state index contributed by atoms with van der Waals surface area (Å²) in [6, 6.07) is 10.4. The Balaban J connectivity index is 1.96. The molecular weight excluding hydrogens is 348 g/mol. The summed E-state index contributed by atoms with van der Waals surface area (Å²) in [5.74, 6) is 1.09. The molecule has 0 spiro atoms. The van der Waals surface area contributed by atoms with Gasteiger partial charge in [-0.3, -0.25) is 4.72 Å². The molecule has 2 rings (SSSR count). The molecule has 0 radical (unpaired) electrons. The van der Waals surface area contributed by atoms with Gasteiger partial charge in [0.25, 0.3) is 10.0 Å². The molecule has 7 heteroatoms. The summed E-state index contributed by atoms with van der Waals surface area (Å²) in [5.41, 5.74) is 1.55. The molecule has 0 saturated carbocycles. The highest BCUT2D eigenvalue weighted by Crippen LogP contribution is 2.20. The molecule has 0 bridgehead atoms. The van der Waals surface area contributed by atoms with E-state index in [-0.39, 0.29) is 4.90 Å². The predicted octanol–water partition coefficient (Wildman–Crippen LogP) is 3.37. The van der Waals surface area contributed by atoms with E-state index in [0.717, 1.165) is 30.9 Å². The topological polar surface area (TPSA) is 74.3 Å². The fourth-order valence-corrected chi connectivity index (χ4v) is 3.46. The second kappa shape index (κ2) is 9.00. The van der Waals surface area contributed by atoms with E-state index in [1.54, 1.807) is 24.3 Å². The molecule has 26 heavy (non-hydrogen) atoms. The number of hydrogen-bond acceptors (Lipinski definition) is 5. The quantitative estimate of drug-likeness (QED) is 0.657. The van der Waals surface area contributed by atoms with Gasteiger partial charge in [-0.2, -0.15) is 0 Å². The molecule has 6 nitrogen and oxygen atoms in total. The van der Waals surface area contributed by atoms with Crippen LogP contribution in [0, 0.1) is 0 Å². The molecule has 0 amide bonds. The van der Waals surface area contributed by atoms with Gasteiger partial charge in [-0.1, -0.05) is 26.0 Å². The van der Waals surface area contributed by atoms with Crippen LogP contribution in [0.15, 0.2) is 47.5 Å². The molecule has 0 fully saturated rings. The van der Waals surface area contributed by atoms with E-state index in [1.165, 1.54) is 6.20 Å². The van der Waals surface area contributed by atoms with Gasteiger partial charge in [0.15, 0.2) is 0 Å². The average Bonchev–Trinajstić information content (AvgIpc) is 2.60. The number of benzene rings is 1. The minimum atomic E-state index is -3.61. The summed E-state index contributed by atoms with van der Waals surface area (Å²) in [4.78, 5) is 6.63. The summed E-state index contributed by atoms with van der Waals surface area (Å²) in [7, 11) is 0.459. The lowest BCUT2D eigenvalue weighted by atomic mass is 10.0. The van der Waals surface area contributed by atoms with Crippen molar-refractivity contribution in [2.75, 3.05) is 37.2 Å². The first-order valence-corrected chi connectivity index (χ1v) is 10.2. The lowest BCUT2D eigenvalue weighted by Gasteiger charge is -2.11. The van der Waals surface area contributed by atoms with Crippen LogP contribution in [0.2, 0.25) is 0 Å². The molecule has 142 valence electrons. The van der Waals surface area contributed by atoms with Crippen LogP contribution in [0.5, 0.6) is 0 Å². The normalized spacial score (nSPS) is 11.8. The van der Waals surface area contributed by atoms with Crippen LogP contribution in [0.4, 0.5) is 11.5 Å². The lowest BCUT2D eigenvalue weighted by molar-refractivity contribution is 0.405. The average molecular weight is 377 g/mol. The van der Waals surface area contributed by atoms with Crippen molar-refractivity contribution in [3.8, 4) is 0 Å². The minimum absolute atomic E-state index is 0.243. The van der Waals surface area contributed by atoms with E-state index >= 15 is 0 Å². The number of hydrogen-bond donors (Lipinski definition) is 2. The largest absolute Gasteiger partial charge is 0.370 e. The highest BCUT2D eigenvalue weighted by atomic mass is 32.2. The summed E-state index contributed by atoms with van der Waals surface area (Å²) < 4.78 is 27.5. The Morgan fingerprint density at radius 1 is 1.08 bits per heavy atom. The predicted molar refractivity (Wildman–Crippen MR) is 107 cm³/mol. The molecule has 0 saturated heterocycles. The van der Waals surface area contributed by atoms with Crippen molar-refractivity contribution in [3.05, 3.63) is 48.2 Å². The summed E-state index contributed by atoms with van der Waals surface area (Å²) in [5, 5.41) is 3.22. The molecule has 2 N–H and O–H groups in total. The van der Waals surface area contributed by atoms with E-state index in [2.05, 4.69) is 33.8 Å². The van der Waals surface area contributed by atoms with Crippen LogP contribution in [0.25, 0.3) is 0 Å². The van der Waals surface area contributed by atoms with Crippen molar-refractivity contribution < 1.29 is 8.42 Å². The first kappa shape index (κ1) is 20.2. The zero-order valence-electron chi connectivity index (χ0n) is 15.9. The summed E-state index contributed by atoms with van der Waals surface area (Å²) in [6.07, 6.45) is 2.53. The van der Waals surface area contributed by atoms with Gasteiger partial charge in [0.05, 0.1) is 16.8 Å². The Kier molecular flexibility index (Phi) is 6.99. The van der Waals surface area contributed by atoms with Crippen molar-refractivity contribution in [1.29, 1.82) is 0 Å². The van der Waals surface area contributed by atoms with Crippen LogP contribution < -0.4 is 10.0 Å². The number of pyridine rings is 1. The van der Waals surface area contributed by atoms with Gasteiger partial charge in [0.2, 0.25) is 0 Å². The third-order valence-electron chi connectivity index (χ3n) is 3.96. The number of nitrogens with one attached hydrogen (secondary N) is 2. The monoisotopic (exact) mass is 376 g/mol. The van der Waals surface area contributed by atoms with Crippen molar-refractivity contribution in [2.45, 2.75) is 31.1 Å². The van der Waals surface area contributed by atoms with Crippen LogP contribution in [-0.4, -0.2) is 45.5 Å². The van der Waals surface area contributed by atoms with Crippen molar-refractivity contribution in [2.24, 2.45) is 0 Å². The standard InChI is InChI=1S/C19H28N4O2S/c1-15(2)16-6-9-18(10-7-16)26(24,25)22-17-8-11-19(21-14-17)20-12-5-13-23(3)4/h6-11,14-15,22H,5,12-13H2,1-4H3,(H,20,21). The van der Waals surface area contributed by atoms with E-state index in [9.17, 15) is 8.42 Å². The smallest absolute Gasteiger partial charge is 0.261 e. The number of nitrogens with zero attached hydrogens (tertiary/aromatic N) is 2. The second-order valence-corrected chi connectivity index (χ2v) is 8.53. The molecule has 2 aromatic rings. The zero-order chi connectivity index (χ0) is 19.2. The lowest BCUT2D eigenvalue weighted by Crippen LogP contribution is -2.16. The van der Waals surface area contributed by atoms with Gasteiger partial charge < -0.3 is 10.2 Å². The second-order valence-electron chi connectivity index (χ2n) is 6.84. The van der Waals surface area contributed by atoms with Gasteiger partial charge in [0.1, 0.15) is 5.82 Å². The maximum Gasteiger partial charge on any atom is 0.261 e. The van der Waals surface area contributed by atoms with Crippen molar-refractivity contribution in [3.63, 3.8) is 0 Å². The van der Waals surface area contributed by atoms with Crippen LogP contribution in [-0.2, 0) is 10.0 Å². The van der Waals surface area contributed by atoms with Crippen LogP contribution >= 0.6 is 0 Å². The number of anilines is 2. The Morgan fingerprint density at radius 3 is 2.31 bits per heavy atom. The Morgan fingerprint density at radius 2 is 1.77 bits per heavy atom. The number of rotatable bonds is 9. The molecule has 0 unspecified atom stereocenters. The molecule has 0 aliphatic heterocycles. The molecule has 0 atom stereocenters. The van der Waals surface area contributed by atoms with Gasteiger partial charge in [0, 0.05) is 6.54 Å². The summed E-state index contributed by atoms with van der Waals surface area (Å²) >= 11 is 0. The minimum Gasteiger partial charge on any atom is -0.370 e. The van der Waals surface area contributed by atoms with E-state index < -0.39 is 10.0 Å². The first-order valence-electron chi connectivity index (χ1n) is 8.75. The zero-order valence-corrected chi connectivity index (χ0v) is 16.7. The number of aromatic nitrogens is 1. The van der Waals surface area contributed by atoms with Gasteiger partial charge in [-0.05, 0) is 62.8 Å². The maximum absolute atomic E-state index is 12.5. The molecule has 1 heterocycles. The molecule has 0 aliphatic carbocycles. The Bertz CT molecular complexity index is 785. The van der Waals surface area contributed by atoms with Crippen LogP contribution in [0.1, 0.15) is 31.7 Å². The van der Waals surface area contributed by atoms with Crippen LogP contribution in [0.3, 0.4) is 0 Å².